The number of anilines is 1. The maximum absolute atomic E-state index is 12.8. The maximum atomic E-state index is 12.8. The molecule has 0 atom stereocenters. The zero-order valence-electron chi connectivity index (χ0n) is 11.8. The molecule has 0 aliphatic heterocycles. The standard InChI is InChI=1S/C13H10ClF3N2O3S/c1-21-8-4-7(9(22-2)3-6(8)14)19-12(20)10-11(13(15,16)17)18-5-23-10/h3-5H,1-2H3,(H,19,20). The molecule has 10 heteroatoms. The highest BCUT2D eigenvalue weighted by molar-refractivity contribution is 7.12. The third-order valence-corrected chi connectivity index (χ3v) is 3.88. The molecule has 2 aromatic rings. The van der Waals surface area contributed by atoms with Crippen LogP contribution in [0, 0.1) is 0 Å². The van der Waals surface area contributed by atoms with Gasteiger partial charge in [0.1, 0.15) is 16.4 Å². The van der Waals surface area contributed by atoms with Crippen molar-refractivity contribution < 1.29 is 27.4 Å². The third kappa shape index (κ3) is 3.67. The summed E-state index contributed by atoms with van der Waals surface area (Å²) in [5.74, 6) is -0.534. The van der Waals surface area contributed by atoms with Gasteiger partial charge in [-0.05, 0) is 0 Å². The molecule has 0 fully saturated rings. The number of methoxy groups -OCH3 is 2. The lowest BCUT2D eigenvalue weighted by Crippen LogP contribution is -2.17. The number of carbonyl (C=O) groups excluding carboxylic acids is 1. The second-order valence-electron chi connectivity index (χ2n) is 4.17. The zero-order valence-corrected chi connectivity index (χ0v) is 13.4. The summed E-state index contributed by atoms with van der Waals surface area (Å²) in [5.41, 5.74) is -0.155. The molecule has 1 heterocycles. The predicted octanol–water partition coefficient (Wildman–Crippen LogP) is 4.08. The predicted molar refractivity (Wildman–Crippen MR) is 79.6 cm³/mol. The molecule has 1 amide bonds. The number of aromatic nitrogens is 1. The Hall–Kier alpha value is -2.00. The first-order chi connectivity index (χ1) is 10.8. The fraction of sp³-hybridized carbons (Fsp3) is 0.231. The van der Waals surface area contributed by atoms with Crippen molar-refractivity contribution >= 4 is 34.5 Å². The highest BCUT2D eigenvalue weighted by Crippen LogP contribution is 2.37. The van der Waals surface area contributed by atoms with Gasteiger partial charge < -0.3 is 14.8 Å². The first-order valence-electron chi connectivity index (χ1n) is 6.01. The van der Waals surface area contributed by atoms with Crippen molar-refractivity contribution in [2.45, 2.75) is 6.18 Å². The van der Waals surface area contributed by atoms with Crippen LogP contribution in [-0.2, 0) is 6.18 Å². The van der Waals surface area contributed by atoms with Crippen LogP contribution in [0.25, 0.3) is 0 Å². The van der Waals surface area contributed by atoms with Gasteiger partial charge in [0.05, 0.1) is 30.4 Å². The first-order valence-corrected chi connectivity index (χ1v) is 7.27. The maximum Gasteiger partial charge on any atom is 0.434 e. The van der Waals surface area contributed by atoms with E-state index in [0.29, 0.717) is 11.3 Å². The summed E-state index contributed by atoms with van der Waals surface area (Å²) in [6.45, 7) is 0. The average molecular weight is 367 g/mol. The number of hydrogen-bond donors (Lipinski definition) is 1. The zero-order chi connectivity index (χ0) is 17.2. The summed E-state index contributed by atoms with van der Waals surface area (Å²) in [4.78, 5) is 14.8. The van der Waals surface area contributed by atoms with E-state index < -0.39 is 22.7 Å². The molecule has 0 aliphatic carbocycles. The lowest BCUT2D eigenvalue weighted by atomic mass is 10.2. The Labute approximate surface area is 138 Å². The molecule has 2 rings (SSSR count). The largest absolute Gasteiger partial charge is 0.495 e. The second kappa shape index (κ2) is 6.63. The van der Waals surface area contributed by atoms with Crippen LogP contribution in [0.5, 0.6) is 11.5 Å². The van der Waals surface area contributed by atoms with Gasteiger partial charge in [0, 0.05) is 12.1 Å². The Morgan fingerprint density at radius 2 is 1.91 bits per heavy atom. The van der Waals surface area contributed by atoms with Crippen LogP contribution in [0.15, 0.2) is 17.6 Å². The normalized spacial score (nSPS) is 11.2. The van der Waals surface area contributed by atoms with E-state index in [2.05, 4.69) is 10.3 Å². The van der Waals surface area contributed by atoms with Crippen molar-refractivity contribution in [1.29, 1.82) is 0 Å². The topological polar surface area (TPSA) is 60.5 Å². The van der Waals surface area contributed by atoms with Crippen LogP contribution in [0.1, 0.15) is 15.4 Å². The number of alkyl halides is 3. The molecule has 0 unspecified atom stereocenters. The molecule has 0 radical (unpaired) electrons. The molecule has 1 N–H and O–H groups in total. The van der Waals surface area contributed by atoms with Crippen LogP contribution in [0.3, 0.4) is 0 Å². The molecule has 124 valence electrons. The summed E-state index contributed by atoms with van der Waals surface area (Å²) in [7, 11) is 2.70. The van der Waals surface area contributed by atoms with Crippen LogP contribution in [-0.4, -0.2) is 25.1 Å². The van der Waals surface area contributed by atoms with Gasteiger partial charge in [0.2, 0.25) is 0 Å². The summed E-state index contributed by atoms with van der Waals surface area (Å²) in [5, 5.41) is 2.58. The molecule has 1 aromatic heterocycles. The van der Waals surface area contributed by atoms with E-state index in [1.165, 1.54) is 26.4 Å². The Bertz CT molecular complexity index is 734. The number of nitrogens with one attached hydrogen (secondary N) is 1. The summed E-state index contributed by atoms with van der Waals surface area (Å²) < 4.78 is 48.5. The summed E-state index contributed by atoms with van der Waals surface area (Å²) >= 11 is 6.52. The number of thiazole rings is 1. The number of hydrogen-bond acceptors (Lipinski definition) is 5. The van der Waals surface area contributed by atoms with Crippen molar-refractivity contribution in [3.63, 3.8) is 0 Å². The number of nitrogens with zero attached hydrogens (tertiary/aromatic N) is 1. The van der Waals surface area contributed by atoms with Gasteiger partial charge in [-0.2, -0.15) is 13.2 Å². The van der Waals surface area contributed by atoms with Gasteiger partial charge in [-0.3, -0.25) is 4.79 Å². The molecular formula is C13H10ClF3N2O3S. The van der Waals surface area contributed by atoms with Crippen molar-refractivity contribution in [2.75, 3.05) is 19.5 Å². The smallest absolute Gasteiger partial charge is 0.434 e. The van der Waals surface area contributed by atoms with Crippen molar-refractivity contribution in [2.24, 2.45) is 0 Å². The van der Waals surface area contributed by atoms with Gasteiger partial charge in [-0.25, -0.2) is 4.98 Å². The molecule has 1 aromatic carbocycles. The van der Waals surface area contributed by atoms with E-state index in [9.17, 15) is 18.0 Å². The minimum atomic E-state index is -4.71. The Kier molecular flexibility index (Phi) is 5.00. The quantitative estimate of drug-likeness (QED) is 0.885. The SMILES string of the molecule is COc1cc(NC(=O)c2scnc2C(F)(F)F)c(OC)cc1Cl. The highest BCUT2D eigenvalue weighted by atomic mass is 35.5. The van der Waals surface area contributed by atoms with Crippen LogP contribution < -0.4 is 14.8 Å². The molecule has 23 heavy (non-hydrogen) atoms. The van der Waals surface area contributed by atoms with Crippen LogP contribution in [0.2, 0.25) is 5.02 Å². The third-order valence-electron chi connectivity index (χ3n) is 2.76. The van der Waals surface area contributed by atoms with Crippen LogP contribution >= 0.6 is 22.9 Å². The second-order valence-corrected chi connectivity index (χ2v) is 5.43. The number of ether oxygens (including phenoxy) is 2. The van der Waals surface area contributed by atoms with Gasteiger partial charge in [0.15, 0.2) is 5.69 Å². The Balaban J connectivity index is 2.36. The van der Waals surface area contributed by atoms with Crippen molar-refractivity contribution in [3.05, 3.63) is 33.2 Å². The molecule has 0 aliphatic rings. The van der Waals surface area contributed by atoms with E-state index >= 15 is 0 Å². The van der Waals surface area contributed by atoms with E-state index in [-0.39, 0.29) is 22.2 Å². The first kappa shape index (κ1) is 17.4. The minimum absolute atomic E-state index is 0.125. The van der Waals surface area contributed by atoms with E-state index in [4.69, 9.17) is 21.1 Å². The Morgan fingerprint density at radius 1 is 1.26 bits per heavy atom. The summed E-state index contributed by atoms with van der Waals surface area (Å²) in [6, 6.07) is 2.74. The van der Waals surface area contributed by atoms with E-state index in [0.717, 1.165) is 5.51 Å². The van der Waals surface area contributed by atoms with Crippen molar-refractivity contribution in [3.8, 4) is 11.5 Å². The van der Waals surface area contributed by atoms with Gasteiger partial charge in [-0.1, -0.05) is 11.6 Å². The number of carbonyl (C=O) groups is 1. The lowest BCUT2D eigenvalue weighted by Gasteiger charge is -2.13. The fourth-order valence-electron chi connectivity index (χ4n) is 1.75. The van der Waals surface area contributed by atoms with E-state index in [1.54, 1.807) is 0 Å². The molecule has 5 nitrogen and oxygen atoms in total. The number of amides is 1. The molecular weight excluding hydrogens is 357 g/mol. The van der Waals surface area contributed by atoms with E-state index in [1.807, 2.05) is 0 Å². The van der Waals surface area contributed by atoms with Gasteiger partial charge in [-0.15, -0.1) is 11.3 Å². The van der Waals surface area contributed by atoms with Crippen LogP contribution in [0.4, 0.5) is 18.9 Å². The average Bonchev–Trinajstić information content (AvgIpc) is 2.98. The number of halogens is 4. The Morgan fingerprint density at radius 3 is 2.48 bits per heavy atom. The number of rotatable bonds is 4. The van der Waals surface area contributed by atoms with Gasteiger partial charge in [0.25, 0.3) is 5.91 Å². The monoisotopic (exact) mass is 366 g/mol. The fourth-order valence-corrected chi connectivity index (χ4v) is 2.68. The molecule has 0 saturated heterocycles. The number of benzene rings is 1. The lowest BCUT2D eigenvalue weighted by molar-refractivity contribution is -0.141. The summed E-state index contributed by atoms with van der Waals surface area (Å²) in [6.07, 6.45) is -4.71. The molecule has 0 spiro atoms. The minimum Gasteiger partial charge on any atom is -0.495 e. The molecule has 0 bridgehead atoms. The van der Waals surface area contributed by atoms with Crippen molar-refractivity contribution in [1.82, 2.24) is 4.98 Å². The molecule has 0 saturated carbocycles. The highest BCUT2D eigenvalue weighted by Gasteiger charge is 2.38. The van der Waals surface area contributed by atoms with Gasteiger partial charge >= 0.3 is 6.18 Å².